The number of nitrogens with zero attached hydrogens (tertiary/aromatic N) is 1. The minimum Gasteiger partial charge on any atom is -0.478 e. The Kier molecular flexibility index (Phi) is 3.76. The van der Waals surface area contributed by atoms with Crippen molar-refractivity contribution >= 4 is 17.3 Å². The summed E-state index contributed by atoms with van der Waals surface area (Å²) in [6, 6.07) is 10.1. The standard InChI is InChI=1S/C20H18N2O4/c1-11-5-10-16(20(23)24)17-14-3-2-4-15(14)19(21-18(11)17)12-6-8-13(9-7-12)22(25)26/h2-3,5-10,14-15,19,21H,4H2,1H3,(H,23,24)/t14-,15+,19-/m1/s1. The van der Waals surface area contributed by atoms with Gasteiger partial charge in [0.2, 0.25) is 0 Å². The number of nitro groups is 1. The number of hydrogen-bond acceptors (Lipinski definition) is 4. The van der Waals surface area contributed by atoms with E-state index in [4.69, 9.17) is 0 Å². The molecule has 6 nitrogen and oxygen atoms in total. The summed E-state index contributed by atoms with van der Waals surface area (Å²) in [5.74, 6) is -0.711. The molecule has 0 radical (unpaired) electrons. The van der Waals surface area contributed by atoms with E-state index < -0.39 is 10.9 Å². The van der Waals surface area contributed by atoms with E-state index in [-0.39, 0.29) is 23.6 Å². The molecule has 0 amide bonds. The largest absolute Gasteiger partial charge is 0.478 e. The Hall–Kier alpha value is -3.15. The molecule has 4 rings (SSSR count). The summed E-state index contributed by atoms with van der Waals surface area (Å²) >= 11 is 0. The van der Waals surface area contributed by atoms with Crippen LogP contribution in [-0.2, 0) is 0 Å². The van der Waals surface area contributed by atoms with Gasteiger partial charge in [0.25, 0.3) is 5.69 Å². The Labute approximate surface area is 150 Å². The van der Waals surface area contributed by atoms with Crippen LogP contribution in [0.2, 0.25) is 0 Å². The first kappa shape index (κ1) is 16.3. The highest BCUT2D eigenvalue weighted by Gasteiger charge is 2.40. The SMILES string of the molecule is Cc1ccc(C(=O)O)c2c1N[C@H](c1ccc([N+](=O)[O-])cc1)[C@H]1CC=C[C@@H]21. The zero-order valence-electron chi connectivity index (χ0n) is 14.2. The Balaban J connectivity index is 1.81. The summed E-state index contributed by atoms with van der Waals surface area (Å²) < 4.78 is 0. The van der Waals surface area contributed by atoms with Crippen molar-refractivity contribution in [2.75, 3.05) is 5.32 Å². The number of aromatic carboxylic acids is 1. The molecule has 0 unspecified atom stereocenters. The number of nitrogens with one attached hydrogen (secondary N) is 1. The van der Waals surface area contributed by atoms with Gasteiger partial charge in [-0.25, -0.2) is 4.79 Å². The number of carboxylic acid groups (broad SMARTS) is 1. The molecule has 0 saturated carbocycles. The molecule has 0 spiro atoms. The van der Waals surface area contributed by atoms with Crippen LogP contribution in [0.3, 0.4) is 0 Å². The van der Waals surface area contributed by atoms with Crippen molar-refractivity contribution in [3.63, 3.8) is 0 Å². The van der Waals surface area contributed by atoms with Gasteiger partial charge >= 0.3 is 5.97 Å². The average molecular weight is 350 g/mol. The van der Waals surface area contributed by atoms with Crippen molar-refractivity contribution < 1.29 is 14.8 Å². The molecule has 26 heavy (non-hydrogen) atoms. The number of hydrogen-bond donors (Lipinski definition) is 2. The summed E-state index contributed by atoms with van der Waals surface area (Å²) in [6.07, 6.45) is 5.03. The Morgan fingerprint density at radius 2 is 1.96 bits per heavy atom. The summed E-state index contributed by atoms with van der Waals surface area (Å²) in [6.45, 7) is 1.96. The van der Waals surface area contributed by atoms with E-state index in [0.717, 1.165) is 28.8 Å². The summed E-state index contributed by atoms with van der Waals surface area (Å²) in [5.41, 5.74) is 4.07. The molecular formula is C20H18N2O4. The molecule has 2 aromatic carbocycles. The monoisotopic (exact) mass is 350 g/mol. The third-order valence-electron chi connectivity index (χ3n) is 5.42. The van der Waals surface area contributed by atoms with Crippen LogP contribution >= 0.6 is 0 Å². The molecule has 0 saturated heterocycles. The predicted molar refractivity (Wildman–Crippen MR) is 97.6 cm³/mol. The quantitative estimate of drug-likeness (QED) is 0.485. The van der Waals surface area contributed by atoms with Gasteiger partial charge < -0.3 is 10.4 Å². The molecule has 1 aliphatic heterocycles. The third kappa shape index (κ3) is 2.45. The van der Waals surface area contributed by atoms with Crippen LogP contribution in [0.25, 0.3) is 0 Å². The van der Waals surface area contributed by atoms with E-state index in [1.165, 1.54) is 12.1 Å². The van der Waals surface area contributed by atoms with Crippen LogP contribution in [-0.4, -0.2) is 16.0 Å². The predicted octanol–water partition coefficient (Wildman–Crippen LogP) is 4.43. The van der Waals surface area contributed by atoms with Gasteiger partial charge in [-0.3, -0.25) is 10.1 Å². The summed E-state index contributed by atoms with van der Waals surface area (Å²) in [5, 5.41) is 24.0. The maximum Gasteiger partial charge on any atom is 0.336 e. The fourth-order valence-corrected chi connectivity index (χ4v) is 4.17. The molecule has 0 aromatic heterocycles. The first-order valence-corrected chi connectivity index (χ1v) is 8.51. The van der Waals surface area contributed by atoms with Crippen LogP contribution in [0, 0.1) is 23.0 Å². The van der Waals surface area contributed by atoms with E-state index in [1.54, 1.807) is 18.2 Å². The fourth-order valence-electron chi connectivity index (χ4n) is 4.17. The molecule has 0 fully saturated rings. The number of nitro benzene ring substituents is 1. The van der Waals surface area contributed by atoms with Gasteiger partial charge in [0, 0.05) is 23.7 Å². The van der Waals surface area contributed by atoms with E-state index in [1.807, 2.05) is 13.0 Å². The second kappa shape index (κ2) is 5.98. The zero-order valence-corrected chi connectivity index (χ0v) is 14.2. The zero-order chi connectivity index (χ0) is 18.4. The molecule has 2 aromatic rings. The second-order valence-electron chi connectivity index (χ2n) is 6.85. The number of fused-ring (bicyclic) bond motifs is 3. The Morgan fingerprint density at radius 3 is 2.62 bits per heavy atom. The van der Waals surface area contributed by atoms with Gasteiger partial charge in [-0.15, -0.1) is 0 Å². The van der Waals surface area contributed by atoms with Gasteiger partial charge in [0.05, 0.1) is 16.5 Å². The molecule has 3 atom stereocenters. The van der Waals surface area contributed by atoms with Crippen molar-refractivity contribution in [1.29, 1.82) is 0 Å². The number of allylic oxidation sites excluding steroid dienone is 2. The van der Waals surface area contributed by atoms with Crippen LogP contribution in [0.15, 0.2) is 48.6 Å². The minimum absolute atomic E-state index is 0.0222. The van der Waals surface area contributed by atoms with E-state index in [2.05, 4.69) is 17.5 Å². The smallest absolute Gasteiger partial charge is 0.336 e. The summed E-state index contributed by atoms with van der Waals surface area (Å²) in [4.78, 5) is 22.2. The van der Waals surface area contributed by atoms with E-state index in [9.17, 15) is 20.0 Å². The highest BCUT2D eigenvalue weighted by Crippen LogP contribution is 2.51. The summed E-state index contributed by atoms with van der Waals surface area (Å²) in [7, 11) is 0. The molecule has 2 aliphatic rings. The number of non-ortho nitro benzene ring substituents is 1. The number of carboxylic acids is 1. The van der Waals surface area contributed by atoms with E-state index >= 15 is 0 Å². The van der Waals surface area contributed by atoms with Crippen LogP contribution in [0.5, 0.6) is 0 Å². The fraction of sp³-hybridized carbons (Fsp3) is 0.250. The third-order valence-corrected chi connectivity index (χ3v) is 5.42. The van der Waals surface area contributed by atoms with Crippen molar-refractivity contribution in [3.05, 3.63) is 80.9 Å². The highest BCUT2D eigenvalue weighted by atomic mass is 16.6. The van der Waals surface area contributed by atoms with Crippen molar-refractivity contribution in [3.8, 4) is 0 Å². The lowest BCUT2D eigenvalue weighted by atomic mass is 9.75. The molecule has 2 N–H and O–H groups in total. The molecule has 132 valence electrons. The van der Waals surface area contributed by atoms with Gasteiger partial charge in [-0.2, -0.15) is 0 Å². The molecule has 1 heterocycles. The highest BCUT2D eigenvalue weighted by molar-refractivity contribution is 5.93. The normalized spacial score (nSPS) is 23.0. The lowest BCUT2D eigenvalue weighted by Crippen LogP contribution is -2.31. The van der Waals surface area contributed by atoms with E-state index in [0.29, 0.717) is 5.56 Å². The minimum atomic E-state index is -0.920. The number of anilines is 1. The van der Waals surface area contributed by atoms with Gasteiger partial charge in [0.15, 0.2) is 0 Å². The van der Waals surface area contributed by atoms with Gasteiger partial charge in [0.1, 0.15) is 0 Å². The Bertz CT molecular complexity index is 934. The number of carbonyl (C=O) groups is 1. The molecule has 6 heteroatoms. The Morgan fingerprint density at radius 1 is 1.23 bits per heavy atom. The molecule has 1 aliphatic carbocycles. The maximum atomic E-state index is 11.7. The first-order chi connectivity index (χ1) is 12.5. The number of benzene rings is 2. The van der Waals surface area contributed by atoms with Crippen LogP contribution in [0.1, 0.15) is 45.4 Å². The van der Waals surface area contributed by atoms with Crippen LogP contribution in [0.4, 0.5) is 11.4 Å². The van der Waals surface area contributed by atoms with Gasteiger partial charge in [-0.1, -0.05) is 30.4 Å². The maximum absolute atomic E-state index is 11.7. The van der Waals surface area contributed by atoms with Crippen molar-refractivity contribution in [2.24, 2.45) is 5.92 Å². The van der Waals surface area contributed by atoms with Crippen LogP contribution < -0.4 is 5.32 Å². The van der Waals surface area contributed by atoms with Crippen molar-refractivity contribution in [1.82, 2.24) is 0 Å². The van der Waals surface area contributed by atoms with Crippen molar-refractivity contribution in [2.45, 2.75) is 25.3 Å². The lowest BCUT2D eigenvalue weighted by molar-refractivity contribution is -0.384. The number of aryl methyl sites for hydroxylation is 1. The van der Waals surface area contributed by atoms with Gasteiger partial charge in [-0.05, 0) is 42.0 Å². The average Bonchev–Trinajstić information content (AvgIpc) is 3.11. The second-order valence-corrected chi connectivity index (χ2v) is 6.85. The first-order valence-electron chi connectivity index (χ1n) is 8.51. The molecule has 0 bridgehead atoms. The lowest BCUT2D eigenvalue weighted by Gasteiger charge is -2.39. The number of rotatable bonds is 3. The topological polar surface area (TPSA) is 92.5 Å². The molecular weight excluding hydrogens is 332 g/mol.